The summed E-state index contributed by atoms with van der Waals surface area (Å²) in [5.74, 6) is 1.54. The van der Waals surface area contributed by atoms with Crippen LogP contribution in [0.2, 0.25) is 0 Å². The molecule has 2 aromatic carbocycles. The largest absolute Gasteiger partial charge is 0.494 e. The SMILES string of the molecule is COc1cc(Nc2ncc3c(n2)C(c2ccccc2)CN(C(C)C)C3)ccc1-n1cnc(C)c1. The minimum absolute atomic E-state index is 0.206. The summed E-state index contributed by atoms with van der Waals surface area (Å²) in [6.45, 7) is 8.26. The Balaban J connectivity index is 1.46. The maximum atomic E-state index is 5.65. The highest BCUT2D eigenvalue weighted by molar-refractivity contribution is 5.62. The summed E-state index contributed by atoms with van der Waals surface area (Å²) in [5, 5.41) is 3.38. The van der Waals surface area contributed by atoms with Crippen LogP contribution in [0, 0.1) is 6.92 Å². The van der Waals surface area contributed by atoms with Gasteiger partial charge in [-0.05, 0) is 38.5 Å². The van der Waals surface area contributed by atoms with Crippen molar-refractivity contribution in [3.8, 4) is 11.4 Å². The Labute approximate surface area is 200 Å². The Morgan fingerprint density at radius 3 is 2.62 bits per heavy atom. The van der Waals surface area contributed by atoms with Crippen molar-refractivity contribution in [2.24, 2.45) is 0 Å². The van der Waals surface area contributed by atoms with E-state index in [1.165, 1.54) is 11.1 Å². The van der Waals surface area contributed by atoms with Crippen LogP contribution < -0.4 is 10.1 Å². The first-order chi connectivity index (χ1) is 16.5. The molecular weight excluding hydrogens is 424 g/mol. The first-order valence-corrected chi connectivity index (χ1v) is 11.6. The van der Waals surface area contributed by atoms with Gasteiger partial charge in [-0.25, -0.2) is 15.0 Å². The van der Waals surface area contributed by atoms with Crippen LogP contribution in [0.25, 0.3) is 5.69 Å². The summed E-state index contributed by atoms with van der Waals surface area (Å²) in [6, 6.07) is 17.1. The third-order valence-corrected chi connectivity index (χ3v) is 6.38. The van der Waals surface area contributed by atoms with Crippen molar-refractivity contribution in [2.45, 2.75) is 39.3 Å². The maximum absolute atomic E-state index is 5.65. The molecule has 3 heterocycles. The van der Waals surface area contributed by atoms with Gasteiger partial charge in [0.15, 0.2) is 0 Å². The van der Waals surface area contributed by atoms with Gasteiger partial charge in [-0.2, -0.15) is 0 Å². The minimum Gasteiger partial charge on any atom is -0.494 e. The normalized spacial score (nSPS) is 15.9. The monoisotopic (exact) mass is 454 g/mol. The summed E-state index contributed by atoms with van der Waals surface area (Å²) in [7, 11) is 1.67. The van der Waals surface area contributed by atoms with Gasteiger partial charge in [0.25, 0.3) is 0 Å². The molecule has 1 atom stereocenters. The Bertz CT molecular complexity index is 1280. The van der Waals surface area contributed by atoms with Crippen LogP contribution in [0.3, 0.4) is 0 Å². The second-order valence-corrected chi connectivity index (χ2v) is 9.02. The molecule has 0 bridgehead atoms. The van der Waals surface area contributed by atoms with E-state index in [-0.39, 0.29) is 5.92 Å². The van der Waals surface area contributed by atoms with Gasteiger partial charge >= 0.3 is 0 Å². The highest BCUT2D eigenvalue weighted by atomic mass is 16.5. The molecule has 0 radical (unpaired) electrons. The number of imidazole rings is 1. The third-order valence-electron chi connectivity index (χ3n) is 6.38. The number of nitrogens with zero attached hydrogens (tertiary/aromatic N) is 5. The molecule has 0 amide bonds. The Hall–Kier alpha value is -3.71. The van der Waals surface area contributed by atoms with Crippen molar-refractivity contribution in [1.29, 1.82) is 0 Å². The number of anilines is 2. The van der Waals surface area contributed by atoms with Crippen molar-refractivity contribution in [2.75, 3.05) is 19.0 Å². The summed E-state index contributed by atoms with van der Waals surface area (Å²) >= 11 is 0. The molecule has 0 fully saturated rings. The van der Waals surface area contributed by atoms with Crippen LogP contribution in [0.4, 0.5) is 11.6 Å². The van der Waals surface area contributed by atoms with Crippen LogP contribution in [-0.4, -0.2) is 44.1 Å². The molecule has 0 aliphatic carbocycles. The molecule has 0 spiro atoms. The fourth-order valence-corrected chi connectivity index (χ4v) is 4.50. The van der Waals surface area contributed by atoms with Crippen molar-refractivity contribution < 1.29 is 4.74 Å². The molecule has 174 valence electrons. The lowest BCUT2D eigenvalue weighted by atomic mass is 9.88. The Kier molecular flexibility index (Phi) is 6.02. The average Bonchev–Trinajstić information content (AvgIpc) is 3.29. The van der Waals surface area contributed by atoms with Crippen LogP contribution in [0.15, 0.2) is 67.3 Å². The van der Waals surface area contributed by atoms with Gasteiger partial charge in [0.05, 0.1) is 30.5 Å². The number of aryl methyl sites for hydroxylation is 1. The van der Waals surface area contributed by atoms with E-state index in [2.05, 4.69) is 64.4 Å². The lowest BCUT2D eigenvalue weighted by Gasteiger charge is -2.36. The van der Waals surface area contributed by atoms with E-state index in [0.29, 0.717) is 12.0 Å². The van der Waals surface area contributed by atoms with Crippen molar-refractivity contribution in [3.05, 3.63) is 89.8 Å². The molecule has 1 N–H and O–H groups in total. The highest BCUT2D eigenvalue weighted by Crippen LogP contribution is 2.34. The molecule has 1 aliphatic heterocycles. The van der Waals surface area contributed by atoms with Gasteiger partial charge in [-0.3, -0.25) is 4.90 Å². The van der Waals surface area contributed by atoms with E-state index in [4.69, 9.17) is 9.72 Å². The molecule has 1 aliphatic rings. The first-order valence-electron chi connectivity index (χ1n) is 11.6. The quantitative estimate of drug-likeness (QED) is 0.438. The van der Waals surface area contributed by atoms with Gasteiger partial charge in [-0.1, -0.05) is 30.3 Å². The predicted molar refractivity (Wildman–Crippen MR) is 134 cm³/mol. The summed E-state index contributed by atoms with van der Waals surface area (Å²) in [5.41, 5.74) is 6.31. The summed E-state index contributed by atoms with van der Waals surface area (Å²) < 4.78 is 7.61. The summed E-state index contributed by atoms with van der Waals surface area (Å²) in [6.07, 6.45) is 5.73. The first kappa shape index (κ1) is 22.1. The van der Waals surface area contributed by atoms with Gasteiger partial charge in [0, 0.05) is 54.8 Å². The number of nitrogens with one attached hydrogen (secondary N) is 1. The second-order valence-electron chi connectivity index (χ2n) is 9.02. The van der Waals surface area contributed by atoms with E-state index in [9.17, 15) is 0 Å². The fourth-order valence-electron chi connectivity index (χ4n) is 4.50. The second kappa shape index (κ2) is 9.27. The lowest BCUT2D eigenvalue weighted by molar-refractivity contribution is 0.190. The highest BCUT2D eigenvalue weighted by Gasteiger charge is 2.29. The van der Waals surface area contributed by atoms with Crippen molar-refractivity contribution in [3.63, 3.8) is 0 Å². The molecule has 1 unspecified atom stereocenters. The van der Waals surface area contributed by atoms with Crippen molar-refractivity contribution >= 4 is 11.6 Å². The smallest absolute Gasteiger partial charge is 0.227 e. The van der Waals surface area contributed by atoms with E-state index < -0.39 is 0 Å². The van der Waals surface area contributed by atoms with E-state index in [0.717, 1.165) is 41.6 Å². The van der Waals surface area contributed by atoms with Crippen LogP contribution in [0.1, 0.15) is 42.3 Å². The van der Waals surface area contributed by atoms with E-state index in [1.54, 1.807) is 13.4 Å². The molecule has 7 nitrogen and oxygen atoms in total. The minimum atomic E-state index is 0.206. The Morgan fingerprint density at radius 2 is 1.91 bits per heavy atom. The number of methoxy groups -OCH3 is 1. The molecule has 7 heteroatoms. The van der Waals surface area contributed by atoms with Gasteiger partial charge in [0.1, 0.15) is 5.75 Å². The zero-order chi connectivity index (χ0) is 23.7. The molecule has 0 saturated heterocycles. The lowest BCUT2D eigenvalue weighted by Crippen LogP contribution is -2.39. The molecule has 34 heavy (non-hydrogen) atoms. The van der Waals surface area contributed by atoms with Crippen LogP contribution >= 0.6 is 0 Å². The molecular formula is C27H30N6O. The summed E-state index contributed by atoms with van der Waals surface area (Å²) in [4.78, 5) is 16.4. The number of hydrogen-bond donors (Lipinski definition) is 1. The predicted octanol–water partition coefficient (Wildman–Crippen LogP) is 5.08. The average molecular weight is 455 g/mol. The van der Waals surface area contributed by atoms with Crippen LogP contribution in [0.5, 0.6) is 5.75 Å². The molecule has 4 aromatic rings. The van der Waals surface area contributed by atoms with Gasteiger partial charge in [-0.15, -0.1) is 0 Å². The van der Waals surface area contributed by atoms with E-state index >= 15 is 0 Å². The number of fused-ring (bicyclic) bond motifs is 1. The molecule has 0 saturated carbocycles. The number of hydrogen-bond acceptors (Lipinski definition) is 6. The number of ether oxygens (including phenoxy) is 1. The number of benzene rings is 2. The third kappa shape index (κ3) is 4.39. The van der Waals surface area contributed by atoms with Gasteiger partial charge in [0.2, 0.25) is 5.95 Å². The van der Waals surface area contributed by atoms with Crippen molar-refractivity contribution in [1.82, 2.24) is 24.4 Å². The zero-order valence-electron chi connectivity index (χ0n) is 20.1. The van der Waals surface area contributed by atoms with Gasteiger partial charge < -0.3 is 14.6 Å². The van der Waals surface area contributed by atoms with E-state index in [1.807, 2.05) is 42.1 Å². The zero-order valence-corrected chi connectivity index (χ0v) is 20.1. The topological polar surface area (TPSA) is 68.1 Å². The molecule has 2 aromatic heterocycles. The number of rotatable bonds is 6. The Morgan fingerprint density at radius 1 is 1.09 bits per heavy atom. The molecule has 5 rings (SSSR count). The van der Waals surface area contributed by atoms with Crippen LogP contribution in [-0.2, 0) is 6.54 Å². The maximum Gasteiger partial charge on any atom is 0.227 e. The number of aromatic nitrogens is 4. The fraction of sp³-hybridized carbons (Fsp3) is 0.296. The standard InChI is InChI=1S/C27H30N6O/c1-18(2)32-15-21-13-28-27(31-26(21)23(16-32)20-8-6-5-7-9-20)30-22-10-11-24(25(12-22)34-4)33-14-19(3)29-17-33/h5-14,17-18,23H,15-16H2,1-4H3,(H,28,30,31).